The van der Waals surface area contributed by atoms with E-state index < -0.39 is 10.0 Å². The number of halogens is 1. The molecule has 0 aliphatic carbocycles. The lowest BCUT2D eigenvalue weighted by Gasteiger charge is -2.06. The molecule has 0 spiro atoms. The largest absolute Gasteiger partial charge is 0.439 e. The van der Waals surface area contributed by atoms with E-state index >= 15 is 0 Å². The molecule has 0 saturated heterocycles. The molecule has 0 aliphatic heterocycles. The van der Waals surface area contributed by atoms with Gasteiger partial charge in [-0.1, -0.05) is 46.3 Å². The van der Waals surface area contributed by atoms with Crippen molar-refractivity contribution in [2.45, 2.75) is 18.4 Å². The fraction of sp³-hybridized carbons (Fsp3) is 0.118. The third-order valence-electron chi connectivity index (χ3n) is 3.46. The van der Waals surface area contributed by atoms with Gasteiger partial charge in [0.1, 0.15) is 0 Å². The van der Waals surface area contributed by atoms with Gasteiger partial charge in [0.15, 0.2) is 5.76 Å². The summed E-state index contributed by atoms with van der Waals surface area (Å²) >= 11 is 3.36. The predicted octanol–water partition coefficient (Wildman–Crippen LogP) is 3.89. The molecule has 7 heteroatoms. The molecule has 1 N–H and O–H groups in total. The summed E-state index contributed by atoms with van der Waals surface area (Å²) < 4.78 is 33.7. The maximum absolute atomic E-state index is 12.3. The Hall–Kier alpha value is -1.96. The van der Waals surface area contributed by atoms with E-state index in [2.05, 4.69) is 25.6 Å². The van der Waals surface area contributed by atoms with Gasteiger partial charge >= 0.3 is 0 Å². The average molecular weight is 407 g/mol. The van der Waals surface area contributed by atoms with Crippen molar-refractivity contribution in [3.63, 3.8) is 0 Å². The maximum Gasteiger partial charge on any atom is 0.241 e. The van der Waals surface area contributed by atoms with Gasteiger partial charge in [0.2, 0.25) is 15.9 Å². The van der Waals surface area contributed by atoms with Gasteiger partial charge in [0.25, 0.3) is 0 Å². The summed E-state index contributed by atoms with van der Waals surface area (Å²) in [6, 6.07) is 14.4. The van der Waals surface area contributed by atoms with Crippen LogP contribution in [0.25, 0.3) is 11.3 Å². The number of nitrogens with one attached hydrogen (secondary N) is 1. The minimum absolute atomic E-state index is 0.00964. The fourth-order valence-corrected chi connectivity index (χ4v) is 3.46. The van der Waals surface area contributed by atoms with Crippen molar-refractivity contribution in [3.05, 3.63) is 70.7 Å². The van der Waals surface area contributed by atoms with Crippen molar-refractivity contribution in [3.8, 4) is 11.3 Å². The van der Waals surface area contributed by atoms with Crippen LogP contribution in [0.3, 0.4) is 0 Å². The highest BCUT2D eigenvalue weighted by molar-refractivity contribution is 9.10. The zero-order valence-electron chi connectivity index (χ0n) is 12.9. The molecule has 0 bridgehead atoms. The maximum atomic E-state index is 12.3. The van der Waals surface area contributed by atoms with Crippen molar-refractivity contribution in [1.82, 2.24) is 9.71 Å². The van der Waals surface area contributed by atoms with Crippen LogP contribution >= 0.6 is 15.9 Å². The van der Waals surface area contributed by atoms with Gasteiger partial charge < -0.3 is 4.42 Å². The van der Waals surface area contributed by atoms with E-state index in [0.29, 0.717) is 11.7 Å². The number of aryl methyl sites for hydroxylation is 1. The van der Waals surface area contributed by atoms with Crippen molar-refractivity contribution >= 4 is 26.0 Å². The minimum atomic E-state index is -3.62. The van der Waals surface area contributed by atoms with Crippen molar-refractivity contribution in [1.29, 1.82) is 0 Å². The van der Waals surface area contributed by atoms with Gasteiger partial charge in [-0.2, -0.15) is 0 Å². The van der Waals surface area contributed by atoms with Gasteiger partial charge in [0, 0.05) is 10.0 Å². The SMILES string of the molecule is Cc1cc(S(=O)(=O)NCc2ncc(-c3ccccc3)o2)ccc1Br. The molecule has 0 saturated carbocycles. The summed E-state index contributed by atoms with van der Waals surface area (Å²) in [5.74, 6) is 0.913. The van der Waals surface area contributed by atoms with Crippen molar-refractivity contribution in [2.24, 2.45) is 0 Å². The second-order valence-corrected chi connectivity index (χ2v) is 7.84. The first-order chi connectivity index (χ1) is 11.5. The second-order valence-electron chi connectivity index (χ2n) is 5.22. The van der Waals surface area contributed by atoms with Crippen LogP contribution in [0.4, 0.5) is 0 Å². The van der Waals surface area contributed by atoms with Crippen LogP contribution < -0.4 is 4.72 Å². The smallest absolute Gasteiger partial charge is 0.241 e. The van der Waals surface area contributed by atoms with Crippen molar-refractivity contribution < 1.29 is 12.8 Å². The Labute approximate surface area is 148 Å². The first kappa shape index (κ1) is 16.9. The number of nitrogens with zero attached hydrogens (tertiary/aromatic N) is 1. The number of benzene rings is 2. The van der Waals surface area contributed by atoms with Crippen LogP contribution in [0, 0.1) is 6.92 Å². The monoisotopic (exact) mass is 406 g/mol. The van der Waals surface area contributed by atoms with E-state index in [4.69, 9.17) is 4.42 Å². The van der Waals surface area contributed by atoms with Gasteiger partial charge in [-0.3, -0.25) is 0 Å². The highest BCUT2D eigenvalue weighted by Gasteiger charge is 2.16. The standard InChI is InChI=1S/C17H15BrN2O3S/c1-12-9-14(7-8-15(12)18)24(21,22)20-11-17-19-10-16(23-17)13-5-3-2-4-6-13/h2-10,20H,11H2,1H3. The van der Waals surface area contributed by atoms with Crippen LogP contribution in [-0.2, 0) is 16.6 Å². The summed E-state index contributed by atoms with van der Waals surface area (Å²) in [4.78, 5) is 4.33. The molecule has 0 fully saturated rings. The number of oxazole rings is 1. The van der Waals surface area contributed by atoms with E-state index in [-0.39, 0.29) is 11.4 Å². The Bertz CT molecular complexity index is 953. The molecule has 3 aromatic rings. The van der Waals surface area contributed by atoms with Crippen LogP contribution in [0.15, 0.2) is 68.5 Å². The summed E-state index contributed by atoms with van der Waals surface area (Å²) in [7, 11) is -3.62. The highest BCUT2D eigenvalue weighted by Crippen LogP contribution is 2.21. The molecule has 1 heterocycles. The summed E-state index contributed by atoms with van der Waals surface area (Å²) in [5, 5.41) is 0. The van der Waals surface area contributed by atoms with Crippen LogP contribution in [0.1, 0.15) is 11.5 Å². The van der Waals surface area contributed by atoms with Gasteiger partial charge in [0.05, 0.1) is 17.6 Å². The number of sulfonamides is 1. The van der Waals surface area contributed by atoms with E-state index in [1.807, 2.05) is 37.3 Å². The Morgan fingerprint density at radius 2 is 1.92 bits per heavy atom. The van der Waals surface area contributed by atoms with Crippen LogP contribution in [-0.4, -0.2) is 13.4 Å². The highest BCUT2D eigenvalue weighted by atomic mass is 79.9. The number of aromatic nitrogens is 1. The third kappa shape index (κ3) is 3.75. The molecular formula is C17H15BrN2O3S. The average Bonchev–Trinajstić information content (AvgIpc) is 3.05. The quantitative estimate of drug-likeness (QED) is 0.697. The summed E-state index contributed by atoms with van der Waals surface area (Å²) in [5.41, 5.74) is 1.74. The topological polar surface area (TPSA) is 72.2 Å². The molecule has 0 amide bonds. The molecule has 3 rings (SSSR count). The lowest BCUT2D eigenvalue weighted by Crippen LogP contribution is -2.23. The van der Waals surface area contributed by atoms with E-state index in [1.54, 1.807) is 24.4 Å². The zero-order chi connectivity index (χ0) is 17.2. The number of rotatable bonds is 5. The van der Waals surface area contributed by atoms with Gasteiger partial charge in [-0.05, 0) is 30.7 Å². The summed E-state index contributed by atoms with van der Waals surface area (Å²) in [6.07, 6.45) is 1.59. The summed E-state index contributed by atoms with van der Waals surface area (Å²) in [6.45, 7) is 1.83. The molecular weight excluding hydrogens is 392 g/mol. The number of hydrogen-bond donors (Lipinski definition) is 1. The third-order valence-corrected chi connectivity index (χ3v) is 5.75. The van der Waals surface area contributed by atoms with Crippen LogP contribution in [0.2, 0.25) is 0 Å². The molecule has 24 heavy (non-hydrogen) atoms. The number of hydrogen-bond acceptors (Lipinski definition) is 4. The Morgan fingerprint density at radius 1 is 1.17 bits per heavy atom. The normalized spacial score (nSPS) is 11.6. The molecule has 0 atom stereocenters. The van der Waals surface area contributed by atoms with Crippen molar-refractivity contribution in [2.75, 3.05) is 0 Å². The fourth-order valence-electron chi connectivity index (χ4n) is 2.15. The molecule has 0 radical (unpaired) electrons. The lowest BCUT2D eigenvalue weighted by atomic mass is 10.2. The first-order valence-corrected chi connectivity index (χ1v) is 9.49. The molecule has 124 valence electrons. The lowest BCUT2D eigenvalue weighted by molar-refractivity contribution is 0.494. The van der Waals surface area contributed by atoms with Gasteiger partial charge in [-0.25, -0.2) is 18.1 Å². The molecule has 2 aromatic carbocycles. The molecule has 1 aromatic heterocycles. The van der Waals surface area contributed by atoms with E-state index in [0.717, 1.165) is 15.6 Å². The Balaban J connectivity index is 1.73. The van der Waals surface area contributed by atoms with E-state index in [9.17, 15) is 8.42 Å². The Kier molecular flexibility index (Phi) is 4.84. The molecule has 0 aliphatic rings. The second kappa shape index (κ2) is 6.88. The minimum Gasteiger partial charge on any atom is -0.439 e. The first-order valence-electron chi connectivity index (χ1n) is 7.22. The molecule has 5 nitrogen and oxygen atoms in total. The Morgan fingerprint density at radius 3 is 2.62 bits per heavy atom. The van der Waals surface area contributed by atoms with Crippen LogP contribution in [0.5, 0.6) is 0 Å². The van der Waals surface area contributed by atoms with Gasteiger partial charge in [-0.15, -0.1) is 0 Å². The predicted molar refractivity (Wildman–Crippen MR) is 94.8 cm³/mol. The zero-order valence-corrected chi connectivity index (χ0v) is 15.3. The van der Waals surface area contributed by atoms with E-state index in [1.165, 1.54) is 0 Å². The molecule has 0 unspecified atom stereocenters.